The molecule has 0 radical (unpaired) electrons. The van der Waals surface area contributed by atoms with Crippen molar-refractivity contribution in [2.24, 2.45) is 0 Å². The van der Waals surface area contributed by atoms with Crippen LogP contribution in [0.5, 0.6) is 0 Å². The summed E-state index contributed by atoms with van der Waals surface area (Å²) in [4.78, 5) is 15.5. The zero-order chi connectivity index (χ0) is 38.9. The van der Waals surface area contributed by atoms with Gasteiger partial charge in [-0.2, -0.15) is 0 Å². The van der Waals surface area contributed by atoms with Crippen molar-refractivity contribution in [3.63, 3.8) is 0 Å². The molecule has 4 heteroatoms. The second-order valence-electron chi connectivity index (χ2n) is 15.2. The van der Waals surface area contributed by atoms with E-state index in [1.54, 1.807) is 0 Å². The lowest BCUT2D eigenvalue weighted by molar-refractivity contribution is 1.07. The van der Waals surface area contributed by atoms with E-state index in [2.05, 4.69) is 193 Å². The van der Waals surface area contributed by atoms with Gasteiger partial charge < -0.3 is 4.57 Å². The minimum absolute atomic E-state index is 0.622. The van der Waals surface area contributed by atoms with Gasteiger partial charge in [0.15, 0.2) is 17.5 Å². The Balaban J connectivity index is 1.05. The molecule has 0 bridgehead atoms. The Labute approximate surface area is 340 Å². The molecular weight excluding hydrogens is 717 g/mol. The van der Waals surface area contributed by atoms with Gasteiger partial charge in [0.25, 0.3) is 0 Å². The predicted octanol–water partition coefficient (Wildman–Crippen LogP) is 14.2. The fourth-order valence-electron chi connectivity index (χ4n) is 9.17. The van der Waals surface area contributed by atoms with Gasteiger partial charge in [-0.3, -0.25) is 0 Å². The highest BCUT2D eigenvalue weighted by Crippen LogP contribution is 2.43. The van der Waals surface area contributed by atoms with E-state index in [0.717, 1.165) is 39.0 Å². The minimum Gasteiger partial charge on any atom is -0.309 e. The average molecular weight is 751 g/mol. The lowest BCUT2D eigenvalue weighted by Gasteiger charge is -2.16. The Kier molecular flexibility index (Phi) is 7.50. The number of para-hydroxylation sites is 2. The normalized spacial score (nSPS) is 11.7. The topological polar surface area (TPSA) is 43.6 Å². The van der Waals surface area contributed by atoms with Crippen LogP contribution < -0.4 is 0 Å². The highest BCUT2D eigenvalue weighted by atomic mass is 15.0. The standard InChI is InChI=1S/C55H34N4/c1-2-16-35(17-3-1)53-56-54(58-55(57-53)38-20-15-21-39(33-38)59-50-30-12-10-26-44(50)45-27-11-13-31-51(45)59)37-19-14-18-36(32-37)48-34-49-42-24-5-4-22-40(42)41-23-6-8-28-46(41)52(49)47-29-9-7-25-43(47)48/h1-34H. The summed E-state index contributed by atoms with van der Waals surface area (Å²) >= 11 is 0. The van der Waals surface area contributed by atoms with Crippen LogP contribution in [0.15, 0.2) is 206 Å². The van der Waals surface area contributed by atoms with Gasteiger partial charge in [0.2, 0.25) is 0 Å². The third-order valence-corrected chi connectivity index (χ3v) is 11.8. The van der Waals surface area contributed by atoms with Crippen molar-refractivity contribution < 1.29 is 0 Å². The second kappa shape index (κ2) is 13.3. The summed E-state index contributed by atoms with van der Waals surface area (Å²) in [5.41, 5.74) is 8.43. The van der Waals surface area contributed by atoms with Gasteiger partial charge in [0, 0.05) is 33.2 Å². The van der Waals surface area contributed by atoms with E-state index in [0.29, 0.717) is 17.5 Å². The van der Waals surface area contributed by atoms with Gasteiger partial charge in [0.05, 0.1) is 11.0 Å². The van der Waals surface area contributed by atoms with Crippen LogP contribution in [-0.2, 0) is 0 Å². The molecule has 0 aliphatic heterocycles. The highest BCUT2D eigenvalue weighted by Gasteiger charge is 2.18. The maximum absolute atomic E-state index is 5.24. The van der Waals surface area contributed by atoms with Crippen LogP contribution in [-0.4, -0.2) is 19.5 Å². The summed E-state index contributed by atoms with van der Waals surface area (Å²) in [6, 6.07) is 73.4. The van der Waals surface area contributed by atoms with Gasteiger partial charge in [-0.1, -0.05) is 170 Å². The first-order chi connectivity index (χ1) is 29.3. The number of aromatic nitrogens is 4. The third-order valence-electron chi connectivity index (χ3n) is 11.8. The van der Waals surface area contributed by atoms with Crippen LogP contribution in [0.25, 0.3) is 116 Å². The zero-order valence-corrected chi connectivity index (χ0v) is 31.9. The summed E-state index contributed by atoms with van der Waals surface area (Å²) in [5, 5.41) is 12.5. The van der Waals surface area contributed by atoms with Crippen LogP contribution in [0.1, 0.15) is 0 Å². The monoisotopic (exact) mass is 750 g/mol. The molecule has 2 heterocycles. The fourth-order valence-corrected chi connectivity index (χ4v) is 9.17. The zero-order valence-electron chi connectivity index (χ0n) is 31.9. The molecule has 2 aromatic heterocycles. The van der Waals surface area contributed by atoms with Crippen LogP contribution in [0, 0.1) is 0 Å². The van der Waals surface area contributed by atoms with E-state index in [1.165, 1.54) is 59.4 Å². The summed E-state index contributed by atoms with van der Waals surface area (Å²) in [6.45, 7) is 0. The van der Waals surface area contributed by atoms with E-state index in [1.807, 2.05) is 18.2 Å². The Morgan fingerprint density at radius 2 is 0.695 bits per heavy atom. The number of fused-ring (bicyclic) bond motifs is 11. The molecule has 0 fully saturated rings. The molecule has 0 N–H and O–H groups in total. The number of rotatable bonds is 5. The molecule has 0 aliphatic rings. The van der Waals surface area contributed by atoms with Gasteiger partial charge in [-0.15, -0.1) is 0 Å². The molecule has 274 valence electrons. The third kappa shape index (κ3) is 5.34. The van der Waals surface area contributed by atoms with Crippen molar-refractivity contribution in [2.75, 3.05) is 0 Å². The first kappa shape index (κ1) is 33.2. The van der Waals surface area contributed by atoms with Crippen molar-refractivity contribution in [3.05, 3.63) is 206 Å². The number of hydrogen-bond donors (Lipinski definition) is 0. The fraction of sp³-hybridized carbons (Fsp3) is 0. The molecule has 0 amide bonds. The van der Waals surface area contributed by atoms with Crippen molar-refractivity contribution >= 4 is 64.9 Å². The van der Waals surface area contributed by atoms with Crippen LogP contribution in [0.3, 0.4) is 0 Å². The largest absolute Gasteiger partial charge is 0.309 e. The molecule has 0 unspecified atom stereocenters. The van der Waals surface area contributed by atoms with Crippen LogP contribution >= 0.6 is 0 Å². The molecule has 12 rings (SSSR count). The van der Waals surface area contributed by atoms with Crippen LogP contribution in [0.4, 0.5) is 0 Å². The van der Waals surface area contributed by atoms with Crippen molar-refractivity contribution in [2.45, 2.75) is 0 Å². The summed E-state index contributed by atoms with van der Waals surface area (Å²) in [6.07, 6.45) is 0. The highest BCUT2D eigenvalue weighted by molar-refractivity contribution is 6.33. The minimum atomic E-state index is 0.622. The van der Waals surface area contributed by atoms with E-state index in [4.69, 9.17) is 15.0 Å². The van der Waals surface area contributed by atoms with E-state index in [9.17, 15) is 0 Å². The molecule has 0 saturated heterocycles. The summed E-state index contributed by atoms with van der Waals surface area (Å²) in [7, 11) is 0. The molecular formula is C55H34N4. The smallest absolute Gasteiger partial charge is 0.164 e. The molecule has 4 nitrogen and oxygen atoms in total. The number of hydrogen-bond acceptors (Lipinski definition) is 3. The molecule has 0 saturated carbocycles. The van der Waals surface area contributed by atoms with Gasteiger partial charge in [0.1, 0.15) is 0 Å². The van der Waals surface area contributed by atoms with Crippen molar-refractivity contribution in [1.29, 1.82) is 0 Å². The molecule has 0 spiro atoms. The van der Waals surface area contributed by atoms with Crippen molar-refractivity contribution in [3.8, 4) is 51.0 Å². The first-order valence-electron chi connectivity index (χ1n) is 20.0. The number of benzene rings is 10. The maximum atomic E-state index is 5.24. The van der Waals surface area contributed by atoms with E-state index < -0.39 is 0 Å². The van der Waals surface area contributed by atoms with E-state index in [-0.39, 0.29) is 0 Å². The first-order valence-corrected chi connectivity index (χ1v) is 20.0. The SMILES string of the molecule is c1ccc(-c2nc(-c3cccc(-c4cc5c6ccccc6c6ccccc6c5c5ccccc45)c3)nc(-c3cccc(-n4c5ccccc5c5ccccc54)c3)n2)cc1. The molecule has 0 aliphatic carbocycles. The molecule has 10 aromatic carbocycles. The van der Waals surface area contributed by atoms with Gasteiger partial charge >= 0.3 is 0 Å². The summed E-state index contributed by atoms with van der Waals surface area (Å²) < 4.78 is 2.33. The molecule has 59 heavy (non-hydrogen) atoms. The average Bonchev–Trinajstić information content (AvgIpc) is 3.66. The predicted molar refractivity (Wildman–Crippen MR) is 246 cm³/mol. The second-order valence-corrected chi connectivity index (χ2v) is 15.2. The Hall–Kier alpha value is -7.95. The lowest BCUT2D eigenvalue weighted by atomic mass is 9.87. The maximum Gasteiger partial charge on any atom is 0.164 e. The van der Waals surface area contributed by atoms with E-state index >= 15 is 0 Å². The number of nitrogens with zero attached hydrogens (tertiary/aromatic N) is 4. The van der Waals surface area contributed by atoms with Crippen molar-refractivity contribution in [1.82, 2.24) is 19.5 Å². The van der Waals surface area contributed by atoms with Gasteiger partial charge in [-0.05, 0) is 90.6 Å². The van der Waals surface area contributed by atoms with Gasteiger partial charge in [-0.25, -0.2) is 15.0 Å². The Bertz CT molecular complexity index is 3570. The Morgan fingerprint density at radius 1 is 0.271 bits per heavy atom. The lowest BCUT2D eigenvalue weighted by Crippen LogP contribution is -2.01. The molecule has 12 aromatic rings. The van der Waals surface area contributed by atoms with Crippen LogP contribution in [0.2, 0.25) is 0 Å². The molecule has 0 atom stereocenters. The summed E-state index contributed by atoms with van der Waals surface area (Å²) in [5.74, 6) is 1.88. The Morgan fingerprint density at radius 3 is 1.34 bits per heavy atom. The quantitative estimate of drug-likeness (QED) is 0.165.